The third-order valence-electron chi connectivity index (χ3n) is 6.72. The number of aliphatic hydroxyl groups excluding tert-OH is 1. The molecule has 1 aliphatic carbocycles. The molecule has 1 heterocycles. The highest BCUT2D eigenvalue weighted by Crippen LogP contribution is 2.35. The average Bonchev–Trinajstić information content (AvgIpc) is 3.64. The van der Waals surface area contributed by atoms with Crippen LogP contribution in [0.1, 0.15) is 37.8 Å². The Kier molecular flexibility index (Phi) is 7.77. The van der Waals surface area contributed by atoms with Crippen molar-refractivity contribution in [3.05, 3.63) is 59.7 Å². The largest absolute Gasteiger partial charge is 0.487 e. The van der Waals surface area contributed by atoms with Gasteiger partial charge in [-0.1, -0.05) is 55.5 Å². The van der Waals surface area contributed by atoms with Crippen LogP contribution in [-0.4, -0.2) is 68.2 Å². The summed E-state index contributed by atoms with van der Waals surface area (Å²) in [6.45, 7) is 5.62. The molecule has 0 unspecified atom stereocenters. The zero-order valence-electron chi connectivity index (χ0n) is 20.3. The molecule has 1 fully saturated rings. The van der Waals surface area contributed by atoms with Gasteiger partial charge in [-0.25, -0.2) is 8.42 Å². The second-order valence-corrected chi connectivity index (χ2v) is 11.7. The van der Waals surface area contributed by atoms with E-state index < -0.39 is 16.1 Å². The molecule has 2 aromatic carbocycles. The molecule has 1 saturated carbocycles. The fourth-order valence-electron chi connectivity index (χ4n) is 4.44. The van der Waals surface area contributed by atoms with Crippen LogP contribution >= 0.6 is 0 Å². The molecule has 0 spiro atoms. The zero-order valence-corrected chi connectivity index (χ0v) is 21.1. The van der Waals surface area contributed by atoms with E-state index in [0.29, 0.717) is 12.3 Å². The van der Waals surface area contributed by atoms with E-state index in [1.807, 2.05) is 55.5 Å². The fraction of sp³-hybridized carbons (Fsp3) is 0.481. The van der Waals surface area contributed by atoms with Crippen molar-refractivity contribution in [3.8, 4) is 5.75 Å². The minimum absolute atomic E-state index is 0.0397. The molecule has 7 heteroatoms. The molecule has 1 aliphatic heterocycles. The van der Waals surface area contributed by atoms with E-state index in [9.17, 15) is 13.5 Å². The van der Waals surface area contributed by atoms with Crippen molar-refractivity contribution in [1.29, 1.82) is 0 Å². The van der Waals surface area contributed by atoms with Crippen molar-refractivity contribution in [3.63, 3.8) is 0 Å². The van der Waals surface area contributed by atoms with E-state index in [2.05, 4.69) is 11.9 Å². The van der Waals surface area contributed by atoms with Gasteiger partial charge in [0.05, 0.1) is 6.61 Å². The molecule has 184 valence electrons. The van der Waals surface area contributed by atoms with Crippen LogP contribution in [0.5, 0.6) is 5.75 Å². The van der Waals surface area contributed by atoms with Gasteiger partial charge in [0.25, 0.3) is 0 Å². The number of nitrogens with zero attached hydrogens (tertiary/aromatic N) is 2. The molecular formula is C27H36N2O4S. The van der Waals surface area contributed by atoms with Crippen LogP contribution in [-0.2, 0) is 10.0 Å². The molecule has 0 bridgehead atoms. The number of sulfonamides is 1. The molecule has 2 aromatic rings. The van der Waals surface area contributed by atoms with Crippen molar-refractivity contribution in [1.82, 2.24) is 9.21 Å². The molecule has 34 heavy (non-hydrogen) atoms. The van der Waals surface area contributed by atoms with E-state index in [-0.39, 0.29) is 23.5 Å². The first-order valence-electron chi connectivity index (χ1n) is 12.1. The molecule has 4 rings (SSSR count). The van der Waals surface area contributed by atoms with Crippen LogP contribution in [0, 0.1) is 11.8 Å². The third kappa shape index (κ3) is 5.89. The minimum atomic E-state index is -3.82. The van der Waals surface area contributed by atoms with Gasteiger partial charge < -0.3 is 14.7 Å². The van der Waals surface area contributed by atoms with Crippen LogP contribution < -0.4 is 4.74 Å². The zero-order chi connectivity index (χ0) is 24.3. The Morgan fingerprint density at radius 2 is 1.82 bits per heavy atom. The number of hydrogen-bond donors (Lipinski definition) is 1. The maximum atomic E-state index is 13.6. The summed E-state index contributed by atoms with van der Waals surface area (Å²) in [5.41, 5.74) is 1.94. The van der Waals surface area contributed by atoms with Gasteiger partial charge in [-0.15, -0.1) is 0 Å². The Morgan fingerprint density at radius 3 is 2.50 bits per heavy atom. The SMILES string of the molecule is C[C@@H]1CN([C@@H](C)CO)S(=O)(=O)c2ccc(/C=C/c3ccccc3)cc2O[C@@H]1CN(C)CC1CC1. The van der Waals surface area contributed by atoms with Gasteiger partial charge in [-0.3, -0.25) is 0 Å². The standard InChI is InChI=1S/C27H36N2O4S/c1-20-16-29(21(2)19-30)34(31,32)27-14-13-23(10-9-22-7-5-4-6-8-22)15-25(27)33-26(20)18-28(3)17-24-11-12-24/h4-10,13-15,20-21,24,26,30H,11-12,16-19H2,1-3H3/b10-9+/t20-,21+,26-/m1/s1. The van der Waals surface area contributed by atoms with Crippen LogP contribution in [0.4, 0.5) is 0 Å². The molecule has 2 aliphatic rings. The van der Waals surface area contributed by atoms with Gasteiger partial charge in [0, 0.05) is 31.6 Å². The molecule has 0 radical (unpaired) electrons. The maximum Gasteiger partial charge on any atom is 0.247 e. The fourth-order valence-corrected chi connectivity index (χ4v) is 6.27. The van der Waals surface area contributed by atoms with Crippen molar-refractivity contribution < 1.29 is 18.3 Å². The van der Waals surface area contributed by atoms with E-state index in [4.69, 9.17) is 4.74 Å². The van der Waals surface area contributed by atoms with E-state index in [1.165, 1.54) is 17.1 Å². The minimum Gasteiger partial charge on any atom is -0.487 e. The number of hydrogen-bond acceptors (Lipinski definition) is 5. The molecule has 3 atom stereocenters. The molecule has 1 N–H and O–H groups in total. The first-order valence-corrected chi connectivity index (χ1v) is 13.6. The highest BCUT2D eigenvalue weighted by Gasteiger charge is 2.38. The van der Waals surface area contributed by atoms with Crippen molar-refractivity contribution in [2.75, 3.05) is 33.3 Å². The lowest BCUT2D eigenvalue weighted by Gasteiger charge is -2.37. The molecule has 0 amide bonds. The van der Waals surface area contributed by atoms with Gasteiger partial charge in [-0.05, 0) is 56.0 Å². The smallest absolute Gasteiger partial charge is 0.247 e. The lowest BCUT2D eigenvalue weighted by Crippen LogP contribution is -2.49. The molecule has 0 aromatic heterocycles. The first kappa shape index (κ1) is 24.9. The number of likely N-dealkylation sites (N-methyl/N-ethyl adjacent to an activating group) is 1. The predicted octanol–water partition coefficient (Wildman–Crippen LogP) is 3.97. The predicted molar refractivity (Wildman–Crippen MR) is 136 cm³/mol. The molecule has 0 saturated heterocycles. The summed E-state index contributed by atoms with van der Waals surface area (Å²) >= 11 is 0. The van der Waals surface area contributed by atoms with E-state index in [1.54, 1.807) is 19.1 Å². The first-order chi connectivity index (χ1) is 16.3. The lowest BCUT2D eigenvalue weighted by molar-refractivity contribution is 0.0740. The Bertz CT molecular complexity index is 1100. The van der Waals surface area contributed by atoms with Gasteiger partial charge in [0.1, 0.15) is 16.7 Å². The Morgan fingerprint density at radius 1 is 1.12 bits per heavy atom. The van der Waals surface area contributed by atoms with Gasteiger partial charge in [-0.2, -0.15) is 4.31 Å². The third-order valence-corrected chi connectivity index (χ3v) is 8.74. The highest BCUT2D eigenvalue weighted by atomic mass is 32.2. The van der Waals surface area contributed by atoms with Crippen LogP contribution in [0.2, 0.25) is 0 Å². The monoisotopic (exact) mass is 484 g/mol. The number of benzene rings is 2. The van der Waals surface area contributed by atoms with Crippen LogP contribution in [0.25, 0.3) is 12.2 Å². The number of rotatable bonds is 8. The summed E-state index contributed by atoms with van der Waals surface area (Å²) in [6, 6.07) is 14.7. The maximum absolute atomic E-state index is 13.6. The second kappa shape index (κ2) is 10.6. The quantitative estimate of drug-likeness (QED) is 0.574. The topological polar surface area (TPSA) is 70.1 Å². The van der Waals surface area contributed by atoms with Gasteiger partial charge in [0.15, 0.2) is 0 Å². The van der Waals surface area contributed by atoms with E-state index >= 15 is 0 Å². The normalized spacial score (nSPS) is 23.8. The summed E-state index contributed by atoms with van der Waals surface area (Å²) in [5, 5.41) is 9.80. The second-order valence-electron chi connectivity index (χ2n) is 9.85. The number of ether oxygens (including phenoxy) is 1. The van der Waals surface area contributed by atoms with Crippen LogP contribution in [0.3, 0.4) is 0 Å². The van der Waals surface area contributed by atoms with Crippen molar-refractivity contribution in [2.45, 2.75) is 43.7 Å². The highest BCUT2D eigenvalue weighted by molar-refractivity contribution is 7.89. The van der Waals surface area contributed by atoms with Gasteiger partial charge in [0.2, 0.25) is 10.0 Å². The lowest BCUT2D eigenvalue weighted by atomic mass is 10.0. The number of aliphatic hydroxyl groups is 1. The summed E-state index contributed by atoms with van der Waals surface area (Å²) < 4.78 is 35.1. The number of fused-ring (bicyclic) bond motifs is 1. The Labute approximate surface area is 203 Å². The Hall–Kier alpha value is -2.19. The summed E-state index contributed by atoms with van der Waals surface area (Å²) in [5.74, 6) is 1.10. The molecular weight excluding hydrogens is 448 g/mol. The molecule has 6 nitrogen and oxygen atoms in total. The summed E-state index contributed by atoms with van der Waals surface area (Å²) in [7, 11) is -1.71. The van der Waals surface area contributed by atoms with Gasteiger partial charge >= 0.3 is 0 Å². The average molecular weight is 485 g/mol. The van der Waals surface area contributed by atoms with E-state index in [0.717, 1.165) is 30.1 Å². The summed E-state index contributed by atoms with van der Waals surface area (Å²) in [4.78, 5) is 2.46. The summed E-state index contributed by atoms with van der Waals surface area (Å²) in [6.07, 6.45) is 6.37. The van der Waals surface area contributed by atoms with Crippen molar-refractivity contribution >= 4 is 22.2 Å². The van der Waals surface area contributed by atoms with Crippen molar-refractivity contribution in [2.24, 2.45) is 11.8 Å². The Balaban J connectivity index is 1.69. The van der Waals surface area contributed by atoms with Crippen LogP contribution in [0.15, 0.2) is 53.4 Å².